The van der Waals surface area contributed by atoms with Crippen LogP contribution in [-0.4, -0.2) is 22.0 Å². The normalized spacial score (nSPS) is 10.5. The van der Waals surface area contributed by atoms with Crippen molar-refractivity contribution in [1.82, 2.24) is 10.5 Å². The van der Waals surface area contributed by atoms with Gasteiger partial charge in [0.1, 0.15) is 0 Å². The van der Waals surface area contributed by atoms with Crippen molar-refractivity contribution in [2.75, 3.05) is 5.32 Å². The molecule has 3 aromatic rings. The lowest BCUT2D eigenvalue weighted by Gasteiger charge is -2.05. The lowest BCUT2D eigenvalue weighted by molar-refractivity contribution is -0.115. The van der Waals surface area contributed by atoms with Crippen molar-refractivity contribution in [1.29, 1.82) is 0 Å². The average Bonchev–Trinajstić information content (AvgIpc) is 2.98. The van der Waals surface area contributed by atoms with E-state index in [4.69, 9.17) is 5.21 Å². The lowest BCUT2D eigenvalue weighted by atomic mass is 10.2. The molecule has 116 valence electrons. The Bertz CT molecular complexity index is 861. The van der Waals surface area contributed by atoms with Gasteiger partial charge in [0.25, 0.3) is 5.91 Å². The van der Waals surface area contributed by atoms with Gasteiger partial charge in [-0.3, -0.25) is 19.8 Å². The predicted molar refractivity (Wildman–Crippen MR) is 87.6 cm³/mol. The SMILES string of the molecule is O=C(Cc1ccccn1)Nc1ccc2cc(C(=O)NO)sc2c1. The zero-order valence-corrected chi connectivity index (χ0v) is 12.8. The highest BCUT2D eigenvalue weighted by Gasteiger charge is 2.10. The van der Waals surface area contributed by atoms with Crippen molar-refractivity contribution in [2.45, 2.75) is 6.42 Å². The zero-order chi connectivity index (χ0) is 16.2. The number of carbonyl (C=O) groups excluding carboxylic acids is 2. The van der Waals surface area contributed by atoms with Crippen molar-refractivity contribution >= 4 is 38.9 Å². The maximum Gasteiger partial charge on any atom is 0.284 e. The van der Waals surface area contributed by atoms with Gasteiger partial charge in [-0.05, 0) is 35.7 Å². The van der Waals surface area contributed by atoms with Crippen LogP contribution >= 0.6 is 11.3 Å². The van der Waals surface area contributed by atoms with E-state index in [-0.39, 0.29) is 12.3 Å². The Morgan fingerprint density at radius 1 is 1.17 bits per heavy atom. The number of benzene rings is 1. The second-order valence-corrected chi connectivity index (χ2v) is 5.93. The standard InChI is InChI=1S/C16H13N3O3S/c20-15(9-11-3-1-2-6-17-11)18-12-5-4-10-7-14(16(21)19-22)23-13(10)8-12/h1-8,22H,9H2,(H,18,20)(H,19,21). The quantitative estimate of drug-likeness (QED) is 0.507. The second kappa shape index (κ2) is 6.55. The Balaban J connectivity index is 1.75. The van der Waals surface area contributed by atoms with Crippen LogP contribution in [-0.2, 0) is 11.2 Å². The minimum absolute atomic E-state index is 0.159. The van der Waals surface area contributed by atoms with Gasteiger partial charge in [0.2, 0.25) is 5.91 Å². The van der Waals surface area contributed by atoms with Gasteiger partial charge in [-0.15, -0.1) is 11.3 Å². The Morgan fingerprint density at radius 3 is 2.78 bits per heavy atom. The Hall–Kier alpha value is -2.77. The maximum atomic E-state index is 12.0. The zero-order valence-electron chi connectivity index (χ0n) is 11.9. The second-order valence-electron chi connectivity index (χ2n) is 4.85. The number of hydrogen-bond donors (Lipinski definition) is 3. The van der Waals surface area contributed by atoms with Crippen LogP contribution in [0.1, 0.15) is 15.4 Å². The molecule has 2 aromatic heterocycles. The van der Waals surface area contributed by atoms with E-state index in [9.17, 15) is 9.59 Å². The third-order valence-corrected chi connectivity index (χ3v) is 4.29. The number of thiophene rings is 1. The molecule has 0 fully saturated rings. The molecule has 0 unspecified atom stereocenters. The third kappa shape index (κ3) is 3.53. The first-order chi connectivity index (χ1) is 11.2. The molecule has 0 spiro atoms. The lowest BCUT2D eigenvalue weighted by Crippen LogP contribution is -2.16. The van der Waals surface area contributed by atoms with Crippen molar-refractivity contribution < 1.29 is 14.8 Å². The highest BCUT2D eigenvalue weighted by atomic mass is 32.1. The number of anilines is 1. The van der Waals surface area contributed by atoms with E-state index in [0.29, 0.717) is 16.3 Å². The summed E-state index contributed by atoms with van der Waals surface area (Å²) < 4.78 is 0.847. The third-order valence-electron chi connectivity index (χ3n) is 3.20. The molecule has 2 amide bonds. The molecule has 0 atom stereocenters. The molecule has 7 heteroatoms. The molecule has 0 radical (unpaired) electrons. The van der Waals surface area contributed by atoms with Crippen LogP contribution in [0.5, 0.6) is 0 Å². The van der Waals surface area contributed by atoms with E-state index in [1.165, 1.54) is 11.3 Å². The van der Waals surface area contributed by atoms with Crippen molar-refractivity contribution in [2.24, 2.45) is 0 Å². The van der Waals surface area contributed by atoms with Crippen molar-refractivity contribution in [3.8, 4) is 0 Å². The van der Waals surface area contributed by atoms with Gasteiger partial charge in [-0.1, -0.05) is 12.1 Å². The number of fused-ring (bicyclic) bond motifs is 1. The topological polar surface area (TPSA) is 91.3 Å². The summed E-state index contributed by atoms with van der Waals surface area (Å²) in [5.74, 6) is -0.708. The number of nitrogens with zero attached hydrogens (tertiary/aromatic N) is 1. The summed E-state index contributed by atoms with van der Waals surface area (Å²) in [5.41, 5.74) is 2.96. The van der Waals surface area contributed by atoms with Gasteiger partial charge in [0, 0.05) is 22.3 Å². The number of amides is 2. The Labute approximate surface area is 135 Å². The molecule has 0 aliphatic carbocycles. The molecule has 6 nitrogen and oxygen atoms in total. The van der Waals surface area contributed by atoms with Gasteiger partial charge in [-0.2, -0.15) is 0 Å². The molecular weight excluding hydrogens is 314 g/mol. The van der Waals surface area contributed by atoms with Crippen LogP contribution in [0.3, 0.4) is 0 Å². The number of rotatable bonds is 4. The number of hydroxylamine groups is 1. The monoisotopic (exact) mass is 327 g/mol. The number of hydrogen-bond acceptors (Lipinski definition) is 5. The fraction of sp³-hybridized carbons (Fsp3) is 0.0625. The molecule has 0 aliphatic heterocycles. The van der Waals surface area contributed by atoms with Crippen LogP contribution in [0.2, 0.25) is 0 Å². The Morgan fingerprint density at radius 2 is 2.04 bits per heavy atom. The molecule has 0 bridgehead atoms. The number of carbonyl (C=O) groups is 2. The Kier molecular flexibility index (Phi) is 4.31. The average molecular weight is 327 g/mol. The summed E-state index contributed by atoms with van der Waals surface area (Å²) in [6, 6.07) is 12.5. The first-order valence-electron chi connectivity index (χ1n) is 6.83. The molecule has 3 rings (SSSR count). The highest BCUT2D eigenvalue weighted by Crippen LogP contribution is 2.28. The molecule has 1 aromatic carbocycles. The molecule has 0 aliphatic rings. The predicted octanol–water partition coefficient (Wildman–Crippen LogP) is 2.60. The first kappa shape index (κ1) is 15.1. The van der Waals surface area contributed by atoms with Gasteiger partial charge >= 0.3 is 0 Å². The van der Waals surface area contributed by atoms with Gasteiger partial charge in [0.05, 0.1) is 11.3 Å². The number of nitrogens with one attached hydrogen (secondary N) is 2. The van der Waals surface area contributed by atoms with E-state index < -0.39 is 5.91 Å². The fourth-order valence-corrected chi connectivity index (χ4v) is 3.14. The summed E-state index contributed by atoms with van der Waals surface area (Å²) in [5, 5.41) is 12.4. The van der Waals surface area contributed by atoms with E-state index in [1.54, 1.807) is 42.0 Å². The summed E-state index contributed by atoms with van der Waals surface area (Å²) >= 11 is 1.24. The van der Waals surface area contributed by atoms with E-state index in [1.807, 2.05) is 12.1 Å². The first-order valence-corrected chi connectivity index (χ1v) is 7.65. The van der Waals surface area contributed by atoms with Crippen LogP contribution in [0.15, 0.2) is 48.7 Å². The molecule has 23 heavy (non-hydrogen) atoms. The number of aromatic nitrogens is 1. The largest absolute Gasteiger partial charge is 0.326 e. The van der Waals surface area contributed by atoms with Gasteiger partial charge in [0.15, 0.2) is 0 Å². The summed E-state index contributed by atoms with van der Waals surface area (Å²) in [4.78, 5) is 28.0. The summed E-state index contributed by atoms with van der Waals surface area (Å²) in [6.45, 7) is 0. The van der Waals surface area contributed by atoms with Crippen molar-refractivity contribution in [3.63, 3.8) is 0 Å². The van der Waals surface area contributed by atoms with E-state index >= 15 is 0 Å². The van der Waals surface area contributed by atoms with Crippen LogP contribution in [0.25, 0.3) is 10.1 Å². The van der Waals surface area contributed by atoms with E-state index in [2.05, 4.69) is 10.3 Å². The smallest absolute Gasteiger partial charge is 0.284 e. The van der Waals surface area contributed by atoms with Crippen LogP contribution in [0, 0.1) is 0 Å². The maximum absolute atomic E-state index is 12.0. The molecular formula is C16H13N3O3S. The number of pyridine rings is 1. The van der Waals surface area contributed by atoms with Gasteiger partial charge < -0.3 is 5.32 Å². The summed E-state index contributed by atoms with van der Waals surface area (Å²) in [7, 11) is 0. The summed E-state index contributed by atoms with van der Waals surface area (Å²) in [6.07, 6.45) is 1.84. The molecule has 2 heterocycles. The van der Waals surface area contributed by atoms with Crippen LogP contribution < -0.4 is 10.8 Å². The highest BCUT2D eigenvalue weighted by molar-refractivity contribution is 7.20. The minimum Gasteiger partial charge on any atom is -0.326 e. The molecule has 0 saturated carbocycles. The van der Waals surface area contributed by atoms with Crippen molar-refractivity contribution in [3.05, 3.63) is 59.2 Å². The van der Waals surface area contributed by atoms with E-state index in [0.717, 1.165) is 10.1 Å². The van der Waals surface area contributed by atoms with Crippen LogP contribution in [0.4, 0.5) is 5.69 Å². The minimum atomic E-state index is -0.549. The molecule has 3 N–H and O–H groups in total. The molecule has 0 saturated heterocycles. The fourth-order valence-electron chi connectivity index (χ4n) is 2.15. The van der Waals surface area contributed by atoms with Gasteiger partial charge in [-0.25, -0.2) is 5.48 Å².